The van der Waals surface area contributed by atoms with Crippen molar-refractivity contribution < 1.29 is 14.3 Å². The standard InChI is InChI=1S/C21H23Cl2N3O3S/c1-14(27)26(30-18-4-2-3-16(10-18)21(24)28)13-17-12-25(7-8-29-17)11-15-5-6-19(22)20(23)9-15/h2-6,9-10,17H,7-8,11-13H2,1H3,(H2,24,28)/t17-/m0/s1. The van der Waals surface area contributed by atoms with Gasteiger partial charge in [-0.3, -0.25) is 18.8 Å². The molecule has 1 saturated heterocycles. The first kappa shape index (κ1) is 22.9. The highest BCUT2D eigenvalue weighted by Gasteiger charge is 2.25. The molecule has 2 amide bonds. The van der Waals surface area contributed by atoms with E-state index in [9.17, 15) is 9.59 Å². The predicted octanol–water partition coefficient (Wildman–Crippen LogP) is 3.85. The molecular weight excluding hydrogens is 445 g/mol. The van der Waals surface area contributed by atoms with Crippen molar-refractivity contribution in [2.75, 3.05) is 26.2 Å². The monoisotopic (exact) mass is 467 g/mol. The van der Waals surface area contributed by atoms with E-state index in [-0.39, 0.29) is 12.0 Å². The Labute approximate surface area is 190 Å². The Hall–Kier alpha value is -1.77. The summed E-state index contributed by atoms with van der Waals surface area (Å²) < 4.78 is 7.55. The number of nitrogens with zero attached hydrogens (tertiary/aromatic N) is 2. The maximum absolute atomic E-state index is 12.2. The van der Waals surface area contributed by atoms with Crippen molar-refractivity contribution in [1.29, 1.82) is 0 Å². The van der Waals surface area contributed by atoms with E-state index >= 15 is 0 Å². The van der Waals surface area contributed by atoms with Gasteiger partial charge in [0.25, 0.3) is 0 Å². The largest absolute Gasteiger partial charge is 0.374 e. The zero-order valence-corrected chi connectivity index (χ0v) is 18.8. The topological polar surface area (TPSA) is 75.9 Å². The van der Waals surface area contributed by atoms with Crippen LogP contribution in [0.25, 0.3) is 0 Å². The lowest BCUT2D eigenvalue weighted by Crippen LogP contribution is -2.46. The van der Waals surface area contributed by atoms with Gasteiger partial charge in [-0.1, -0.05) is 35.3 Å². The molecule has 1 aliphatic rings. The van der Waals surface area contributed by atoms with E-state index in [0.717, 1.165) is 23.5 Å². The molecule has 0 unspecified atom stereocenters. The molecule has 160 valence electrons. The minimum absolute atomic E-state index is 0.0883. The number of benzene rings is 2. The fraction of sp³-hybridized carbons (Fsp3) is 0.333. The van der Waals surface area contributed by atoms with Crippen LogP contribution in [0.3, 0.4) is 0 Å². The van der Waals surface area contributed by atoms with E-state index in [4.69, 9.17) is 33.7 Å². The lowest BCUT2D eigenvalue weighted by atomic mass is 10.2. The van der Waals surface area contributed by atoms with Crippen molar-refractivity contribution in [3.05, 3.63) is 63.6 Å². The molecule has 1 heterocycles. The van der Waals surface area contributed by atoms with Gasteiger partial charge in [-0.15, -0.1) is 0 Å². The Bertz CT molecular complexity index is 928. The van der Waals surface area contributed by atoms with Gasteiger partial charge in [0.2, 0.25) is 11.8 Å². The molecule has 0 bridgehead atoms. The fourth-order valence-electron chi connectivity index (χ4n) is 3.18. The van der Waals surface area contributed by atoms with Gasteiger partial charge in [-0.25, -0.2) is 0 Å². The molecule has 2 aromatic rings. The molecule has 6 nitrogen and oxygen atoms in total. The summed E-state index contributed by atoms with van der Waals surface area (Å²) >= 11 is 13.4. The highest BCUT2D eigenvalue weighted by molar-refractivity contribution is 7.97. The van der Waals surface area contributed by atoms with Gasteiger partial charge >= 0.3 is 0 Å². The number of primary amides is 1. The number of halogens is 2. The van der Waals surface area contributed by atoms with E-state index in [1.54, 1.807) is 28.6 Å². The van der Waals surface area contributed by atoms with Crippen LogP contribution in [0.1, 0.15) is 22.8 Å². The number of amides is 2. The van der Waals surface area contributed by atoms with Crippen LogP contribution in [0.4, 0.5) is 0 Å². The first-order valence-electron chi connectivity index (χ1n) is 9.45. The van der Waals surface area contributed by atoms with Crippen LogP contribution < -0.4 is 5.73 Å². The molecule has 9 heteroatoms. The van der Waals surface area contributed by atoms with Gasteiger partial charge < -0.3 is 10.5 Å². The van der Waals surface area contributed by atoms with Crippen molar-refractivity contribution in [3.8, 4) is 0 Å². The Morgan fingerprint density at radius 3 is 2.73 bits per heavy atom. The molecule has 1 atom stereocenters. The summed E-state index contributed by atoms with van der Waals surface area (Å²) in [7, 11) is 0. The average molecular weight is 468 g/mol. The summed E-state index contributed by atoms with van der Waals surface area (Å²) in [5.41, 5.74) is 6.83. The maximum atomic E-state index is 12.2. The Morgan fingerprint density at radius 2 is 2.03 bits per heavy atom. The number of carbonyl (C=O) groups is 2. The molecule has 3 rings (SSSR count). The van der Waals surface area contributed by atoms with Crippen molar-refractivity contribution in [3.63, 3.8) is 0 Å². The number of hydrogen-bond acceptors (Lipinski definition) is 5. The molecule has 1 fully saturated rings. The van der Waals surface area contributed by atoms with Crippen LogP contribution in [0.5, 0.6) is 0 Å². The third-order valence-corrected chi connectivity index (χ3v) is 6.50. The van der Waals surface area contributed by atoms with Gasteiger partial charge in [0.1, 0.15) is 0 Å². The van der Waals surface area contributed by atoms with Gasteiger partial charge in [0, 0.05) is 37.0 Å². The van der Waals surface area contributed by atoms with Gasteiger partial charge in [-0.05, 0) is 47.8 Å². The second kappa shape index (κ2) is 10.5. The van der Waals surface area contributed by atoms with E-state index < -0.39 is 5.91 Å². The molecule has 0 spiro atoms. The van der Waals surface area contributed by atoms with Crippen molar-refractivity contribution in [2.24, 2.45) is 5.73 Å². The van der Waals surface area contributed by atoms with Crippen LogP contribution in [0.2, 0.25) is 10.0 Å². The van der Waals surface area contributed by atoms with E-state index in [0.29, 0.717) is 35.3 Å². The zero-order valence-electron chi connectivity index (χ0n) is 16.5. The molecule has 2 N–H and O–H groups in total. The Kier molecular flexibility index (Phi) is 8.02. The number of rotatable bonds is 7. The van der Waals surface area contributed by atoms with Gasteiger partial charge in [0.15, 0.2) is 0 Å². The molecule has 0 aliphatic carbocycles. The summed E-state index contributed by atoms with van der Waals surface area (Å²) in [6.07, 6.45) is -0.128. The molecule has 0 saturated carbocycles. The third kappa shape index (κ3) is 6.36. The average Bonchev–Trinajstić information content (AvgIpc) is 2.71. The normalized spacial score (nSPS) is 17.0. The van der Waals surface area contributed by atoms with E-state index in [1.165, 1.54) is 18.9 Å². The van der Waals surface area contributed by atoms with Crippen LogP contribution in [-0.2, 0) is 16.1 Å². The minimum atomic E-state index is -0.500. The second-order valence-corrected chi connectivity index (χ2v) is 8.95. The highest BCUT2D eigenvalue weighted by atomic mass is 35.5. The lowest BCUT2D eigenvalue weighted by molar-refractivity contribution is -0.126. The first-order valence-corrected chi connectivity index (χ1v) is 11.0. The lowest BCUT2D eigenvalue weighted by Gasteiger charge is -2.35. The van der Waals surface area contributed by atoms with Crippen molar-refractivity contribution in [2.45, 2.75) is 24.5 Å². The SMILES string of the molecule is CC(=O)N(C[C@@H]1CN(Cc2ccc(Cl)c(Cl)c2)CCO1)Sc1cccc(C(N)=O)c1. The number of carbonyl (C=O) groups excluding carboxylic acids is 2. The molecule has 2 aromatic carbocycles. The summed E-state index contributed by atoms with van der Waals surface area (Å²) in [5, 5.41) is 1.08. The number of morpholine rings is 1. The summed E-state index contributed by atoms with van der Waals surface area (Å²) in [6.45, 7) is 4.74. The van der Waals surface area contributed by atoms with Crippen LogP contribution in [-0.4, -0.2) is 53.4 Å². The van der Waals surface area contributed by atoms with Gasteiger partial charge in [-0.2, -0.15) is 0 Å². The van der Waals surface area contributed by atoms with Crippen LogP contribution >= 0.6 is 35.1 Å². The second-order valence-electron chi connectivity index (χ2n) is 7.04. The smallest absolute Gasteiger partial charge is 0.248 e. The van der Waals surface area contributed by atoms with E-state index in [1.807, 2.05) is 18.2 Å². The molecular formula is C21H23Cl2N3O3S. The summed E-state index contributed by atoms with van der Waals surface area (Å²) in [5.74, 6) is -0.588. The molecule has 1 aliphatic heterocycles. The Balaban J connectivity index is 1.62. The summed E-state index contributed by atoms with van der Waals surface area (Å²) in [6, 6.07) is 12.5. The predicted molar refractivity (Wildman–Crippen MR) is 120 cm³/mol. The Morgan fingerprint density at radius 1 is 1.23 bits per heavy atom. The number of hydrogen-bond donors (Lipinski definition) is 1. The molecule has 0 radical (unpaired) electrons. The van der Waals surface area contributed by atoms with Crippen LogP contribution in [0.15, 0.2) is 47.4 Å². The number of ether oxygens (including phenoxy) is 1. The van der Waals surface area contributed by atoms with Gasteiger partial charge in [0.05, 0.1) is 29.3 Å². The number of nitrogens with two attached hydrogens (primary N) is 1. The highest BCUT2D eigenvalue weighted by Crippen LogP contribution is 2.26. The molecule has 30 heavy (non-hydrogen) atoms. The quantitative estimate of drug-likeness (QED) is 0.625. The first-order chi connectivity index (χ1) is 14.3. The fourth-order valence-corrected chi connectivity index (χ4v) is 4.44. The minimum Gasteiger partial charge on any atom is -0.374 e. The third-order valence-electron chi connectivity index (χ3n) is 4.67. The molecule has 0 aromatic heterocycles. The van der Waals surface area contributed by atoms with Crippen LogP contribution in [0, 0.1) is 0 Å². The van der Waals surface area contributed by atoms with E-state index in [2.05, 4.69) is 4.90 Å². The maximum Gasteiger partial charge on any atom is 0.248 e. The van der Waals surface area contributed by atoms with Crippen molar-refractivity contribution in [1.82, 2.24) is 9.21 Å². The zero-order chi connectivity index (χ0) is 21.7. The van der Waals surface area contributed by atoms with Crippen molar-refractivity contribution >= 4 is 47.0 Å². The summed E-state index contributed by atoms with van der Waals surface area (Å²) in [4.78, 5) is 26.6.